The molecule has 0 heterocycles. The van der Waals surface area contributed by atoms with Crippen molar-refractivity contribution >= 4 is 11.7 Å². The highest BCUT2D eigenvalue weighted by Crippen LogP contribution is 2.28. The van der Waals surface area contributed by atoms with Gasteiger partial charge in [-0.25, -0.2) is 4.79 Å². The average molecular weight is 301 g/mol. The molecule has 2 rings (SSSR count). The van der Waals surface area contributed by atoms with E-state index in [0.29, 0.717) is 5.56 Å². The predicted octanol–water partition coefficient (Wildman–Crippen LogP) is 3.27. The lowest BCUT2D eigenvalue weighted by molar-refractivity contribution is -0.386. The maximum absolute atomic E-state index is 11.3. The van der Waals surface area contributed by atoms with Gasteiger partial charge in [-0.15, -0.1) is 0 Å². The highest BCUT2D eigenvalue weighted by atomic mass is 16.6. The first-order chi connectivity index (χ1) is 10.5. The summed E-state index contributed by atoms with van der Waals surface area (Å²) in [7, 11) is 1.32. The molecular formula is C16H15NO5. The van der Waals surface area contributed by atoms with Crippen molar-refractivity contribution in [1.29, 1.82) is 0 Å². The number of hydrogen-bond acceptors (Lipinski definition) is 5. The van der Waals surface area contributed by atoms with Crippen LogP contribution < -0.4 is 4.74 Å². The molecule has 0 spiro atoms. The van der Waals surface area contributed by atoms with Crippen LogP contribution in [0.1, 0.15) is 21.5 Å². The molecule has 0 radical (unpaired) electrons. The van der Waals surface area contributed by atoms with Crippen LogP contribution in [0, 0.1) is 17.0 Å². The molecule has 0 unspecified atom stereocenters. The van der Waals surface area contributed by atoms with Gasteiger partial charge in [0.25, 0.3) is 0 Å². The molecule has 0 aliphatic carbocycles. The van der Waals surface area contributed by atoms with E-state index in [1.54, 1.807) is 43.3 Å². The van der Waals surface area contributed by atoms with Crippen LogP contribution in [-0.2, 0) is 11.3 Å². The Morgan fingerprint density at radius 1 is 1.18 bits per heavy atom. The first kappa shape index (κ1) is 15.5. The first-order valence-electron chi connectivity index (χ1n) is 6.56. The number of nitro groups is 1. The fourth-order valence-electron chi connectivity index (χ4n) is 1.91. The van der Waals surface area contributed by atoms with Crippen LogP contribution in [0.15, 0.2) is 42.5 Å². The number of benzene rings is 2. The molecule has 0 N–H and O–H groups in total. The molecule has 0 aliphatic rings. The van der Waals surface area contributed by atoms with E-state index < -0.39 is 10.9 Å². The Labute approximate surface area is 127 Å². The maximum atomic E-state index is 11.3. The fraction of sp³-hybridized carbons (Fsp3) is 0.188. The second kappa shape index (κ2) is 6.71. The molecule has 0 aliphatic heterocycles. The van der Waals surface area contributed by atoms with Crippen LogP contribution in [-0.4, -0.2) is 18.0 Å². The lowest BCUT2D eigenvalue weighted by atomic mass is 10.1. The number of hydrogen-bond donors (Lipinski definition) is 0. The van der Waals surface area contributed by atoms with E-state index >= 15 is 0 Å². The largest absolute Gasteiger partial charge is 0.482 e. The quantitative estimate of drug-likeness (QED) is 0.481. The van der Waals surface area contributed by atoms with Gasteiger partial charge < -0.3 is 9.47 Å². The van der Waals surface area contributed by atoms with Gasteiger partial charge in [-0.2, -0.15) is 0 Å². The van der Waals surface area contributed by atoms with Crippen LogP contribution in [0.25, 0.3) is 0 Å². The lowest BCUT2D eigenvalue weighted by Gasteiger charge is -2.08. The van der Waals surface area contributed by atoms with E-state index in [1.807, 2.05) is 0 Å². The number of nitro benzene ring substituents is 1. The van der Waals surface area contributed by atoms with Crippen molar-refractivity contribution in [2.75, 3.05) is 7.11 Å². The number of methoxy groups -OCH3 is 1. The number of rotatable bonds is 5. The Hall–Kier alpha value is -2.89. The molecule has 0 amide bonds. The SMILES string of the molecule is COC(=O)c1ccc(COc2ccc(C)cc2[N+](=O)[O-])cc1. The zero-order valence-electron chi connectivity index (χ0n) is 12.2. The zero-order valence-corrected chi connectivity index (χ0v) is 12.2. The Kier molecular flexibility index (Phi) is 4.73. The van der Waals surface area contributed by atoms with Crippen LogP contribution >= 0.6 is 0 Å². The topological polar surface area (TPSA) is 78.7 Å². The van der Waals surface area contributed by atoms with Crippen molar-refractivity contribution < 1.29 is 19.2 Å². The van der Waals surface area contributed by atoms with Gasteiger partial charge in [-0.3, -0.25) is 10.1 Å². The van der Waals surface area contributed by atoms with E-state index in [1.165, 1.54) is 13.2 Å². The van der Waals surface area contributed by atoms with Crippen LogP contribution in [0.2, 0.25) is 0 Å². The summed E-state index contributed by atoms with van der Waals surface area (Å²) in [6.45, 7) is 1.95. The number of esters is 1. The van der Waals surface area contributed by atoms with Crippen LogP contribution in [0.4, 0.5) is 5.69 Å². The average Bonchev–Trinajstić information content (AvgIpc) is 2.53. The standard InChI is InChI=1S/C16H15NO5/c1-11-3-8-15(14(9-11)17(19)20)22-10-12-4-6-13(7-5-12)16(18)21-2/h3-9H,10H2,1-2H3. The molecule has 22 heavy (non-hydrogen) atoms. The van der Waals surface area contributed by atoms with Crippen molar-refractivity contribution in [3.63, 3.8) is 0 Å². The third-order valence-corrected chi connectivity index (χ3v) is 3.08. The van der Waals surface area contributed by atoms with Gasteiger partial charge in [0, 0.05) is 6.07 Å². The fourth-order valence-corrected chi connectivity index (χ4v) is 1.91. The summed E-state index contributed by atoms with van der Waals surface area (Å²) in [6.07, 6.45) is 0. The number of carbonyl (C=O) groups is 1. The van der Waals surface area contributed by atoms with Gasteiger partial charge >= 0.3 is 11.7 Å². The molecule has 0 saturated carbocycles. The zero-order chi connectivity index (χ0) is 16.1. The summed E-state index contributed by atoms with van der Waals surface area (Å²) in [4.78, 5) is 21.9. The van der Waals surface area contributed by atoms with Crippen molar-refractivity contribution in [2.24, 2.45) is 0 Å². The van der Waals surface area contributed by atoms with Gasteiger partial charge in [-0.1, -0.05) is 18.2 Å². The first-order valence-corrected chi connectivity index (χ1v) is 6.56. The third-order valence-electron chi connectivity index (χ3n) is 3.08. The number of ether oxygens (including phenoxy) is 2. The lowest BCUT2D eigenvalue weighted by Crippen LogP contribution is -2.02. The van der Waals surface area contributed by atoms with E-state index in [-0.39, 0.29) is 18.0 Å². The molecule has 0 bridgehead atoms. The van der Waals surface area contributed by atoms with Crippen molar-refractivity contribution in [2.45, 2.75) is 13.5 Å². The highest BCUT2D eigenvalue weighted by molar-refractivity contribution is 5.89. The Balaban J connectivity index is 2.10. The molecule has 0 saturated heterocycles. The summed E-state index contributed by atoms with van der Waals surface area (Å²) >= 11 is 0. The number of nitrogens with zero attached hydrogens (tertiary/aromatic N) is 1. The molecule has 2 aromatic rings. The molecule has 0 atom stereocenters. The van der Waals surface area contributed by atoms with Gasteiger partial charge in [0.05, 0.1) is 17.6 Å². The maximum Gasteiger partial charge on any atom is 0.337 e. The predicted molar refractivity (Wildman–Crippen MR) is 79.9 cm³/mol. The van der Waals surface area contributed by atoms with E-state index in [2.05, 4.69) is 4.74 Å². The minimum Gasteiger partial charge on any atom is -0.482 e. The van der Waals surface area contributed by atoms with Crippen molar-refractivity contribution in [1.82, 2.24) is 0 Å². The van der Waals surface area contributed by atoms with Gasteiger partial charge in [0.1, 0.15) is 6.61 Å². The second-order valence-corrected chi connectivity index (χ2v) is 4.71. The minimum absolute atomic E-state index is 0.0637. The van der Waals surface area contributed by atoms with E-state index in [0.717, 1.165) is 11.1 Å². The second-order valence-electron chi connectivity index (χ2n) is 4.71. The van der Waals surface area contributed by atoms with Gasteiger partial charge in [0.2, 0.25) is 0 Å². The monoisotopic (exact) mass is 301 g/mol. The molecular weight excluding hydrogens is 286 g/mol. The summed E-state index contributed by atoms with van der Waals surface area (Å²) in [5.74, 6) is -0.200. The van der Waals surface area contributed by atoms with Crippen molar-refractivity contribution in [3.05, 3.63) is 69.3 Å². The molecule has 0 aromatic heterocycles. The molecule has 114 valence electrons. The smallest absolute Gasteiger partial charge is 0.337 e. The van der Waals surface area contributed by atoms with Gasteiger partial charge in [-0.05, 0) is 36.2 Å². The Morgan fingerprint density at radius 3 is 2.45 bits per heavy atom. The normalized spacial score (nSPS) is 10.1. The molecule has 0 fully saturated rings. The molecule has 6 nitrogen and oxygen atoms in total. The summed E-state index contributed by atoms with van der Waals surface area (Å²) in [5.41, 5.74) is 1.96. The van der Waals surface area contributed by atoms with Crippen LogP contribution in [0.3, 0.4) is 0 Å². The molecule has 2 aromatic carbocycles. The highest BCUT2D eigenvalue weighted by Gasteiger charge is 2.15. The van der Waals surface area contributed by atoms with Gasteiger partial charge in [0.15, 0.2) is 5.75 Å². The van der Waals surface area contributed by atoms with E-state index in [9.17, 15) is 14.9 Å². The number of aryl methyl sites for hydroxylation is 1. The summed E-state index contributed by atoms with van der Waals surface area (Å²) < 4.78 is 10.1. The summed E-state index contributed by atoms with van der Waals surface area (Å²) in [6, 6.07) is 11.5. The molecule has 6 heteroatoms. The number of carbonyl (C=O) groups excluding carboxylic acids is 1. The van der Waals surface area contributed by atoms with E-state index in [4.69, 9.17) is 4.74 Å². The van der Waals surface area contributed by atoms with Crippen LogP contribution in [0.5, 0.6) is 5.75 Å². The Morgan fingerprint density at radius 2 is 1.86 bits per heavy atom. The minimum atomic E-state index is -0.470. The van der Waals surface area contributed by atoms with Crippen molar-refractivity contribution in [3.8, 4) is 5.75 Å². The Bertz CT molecular complexity index is 694. The summed E-state index contributed by atoms with van der Waals surface area (Å²) in [5, 5.41) is 11.0. The third kappa shape index (κ3) is 3.60.